The number of H-pyrrole nitrogens is 1. The van der Waals surface area contributed by atoms with Crippen molar-refractivity contribution in [2.45, 2.75) is 63.3 Å². The lowest BCUT2D eigenvalue weighted by atomic mass is 9.81. The van der Waals surface area contributed by atoms with E-state index in [1.54, 1.807) is 5.56 Å². The first kappa shape index (κ1) is 12.5. The normalized spacial score (nSPS) is 26.6. The average Bonchev–Trinajstić information content (AvgIpc) is 2.86. The highest BCUT2D eigenvalue weighted by molar-refractivity contribution is 5.85. The number of benzene rings is 1. The van der Waals surface area contributed by atoms with Crippen molar-refractivity contribution in [3.8, 4) is 0 Å². The van der Waals surface area contributed by atoms with E-state index in [0.717, 1.165) is 5.92 Å². The summed E-state index contributed by atoms with van der Waals surface area (Å²) in [6, 6.07) is 7.55. The third-order valence-corrected chi connectivity index (χ3v) is 5.37. The third kappa shape index (κ3) is 2.07. The fraction of sp³-hybridized carbons (Fsp3) is 0.556. The van der Waals surface area contributed by atoms with E-state index in [9.17, 15) is 0 Å². The lowest BCUT2D eigenvalue weighted by Crippen LogP contribution is -2.25. The quantitative estimate of drug-likeness (QED) is 0.805. The summed E-state index contributed by atoms with van der Waals surface area (Å²) in [7, 11) is 0. The Balaban J connectivity index is 1.71. The van der Waals surface area contributed by atoms with Gasteiger partial charge in [0.1, 0.15) is 0 Å². The molecule has 0 unspecified atom stereocenters. The Hall–Kier alpha value is -1.28. The van der Waals surface area contributed by atoms with Crippen molar-refractivity contribution in [3.05, 3.63) is 35.0 Å². The van der Waals surface area contributed by atoms with Crippen molar-refractivity contribution < 1.29 is 0 Å². The van der Waals surface area contributed by atoms with E-state index in [0.29, 0.717) is 6.04 Å². The summed E-state index contributed by atoms with van der Waals surface area (Å²) < 4.78 is 0. The molecular formula is C18H24N2. The van der Waals surface area contributed by atoms with Crippen molar-refractivity contribution in [1.82, 2.24) is 4.98 Å². The van der Waals surface area contributed by atoms with Gasteiger partial charge < -0.3 is 10.7 Å². The van der Waals surface area contributed by atoms with E-state index in [4.69, 9.17) is 5.73 Å². The van der Waals surface area contributed by atoms with Gasteiger partial charge in [-0.2, -0.15) is 0 Å². The van der Waals surface area contributed by atoms with Gasteiger partial charge in [0.15, 0.2) is 0 Å². The minimum absolute atomic E-state index is 0.440. The predicted octanol–water partition coefficient (Wildman–Crippen LogP) is 4.03. The molecule has 3 N–H and O–H groups in total. The lowest BCUT2D eigenvalue weighted by molar-refractivity contribution is 0.396. The molecule has 106 valence electrons. The fourth-order valence-electron chi connectivity index (χ4n) is 4.13. The first-order valence-electron chi connectivity index (χ1n) is 8.20. The Bertz CT molecular complexity index is 618. The largest absolute Gasteiger partial charge is 0.358 e. The monoisotopic (exact) mass is 268 g/mol. The number of rotatable bonds is 1. The molecule has 20 heavy (non-hydrogen) atoms. The van der Waals surface area contributed by atoms with Crippen LogP contribution in [-0.4, -0.2) is 11.0 Å². The maximum Gasteiger partial charge on any atom is 0.0459 e. The Kier molecular flexibility index (Phi) is 3.07. The van der Waals surface area contributed by atoms with E-state index >= 15 is 0 Å². The zero-order chi connectivity index (χ0) is 13.5. The highest BCUT2D eigenvalue weighted by Gasteiger charge is 2.21. The summed E-state index contributed by atoms with van der Waals surface area (Å²) >= 11 is 0. The standard InChI is InChI=1S/C18H24N2/c19-14-8-5-12(6-9-14)13-7-10-18-16(11-13)15-3-1-2-4-17(15)20-18/h7,10-12,14,20H,1-6,8-9,19H2. The molecule has 0 bridgehead atoms. The average molecular weight is 268 g/mol. The summed E-state index contributed by atoms with van der Waals surface area (Å²) in [6.45, 7) is 0. The van der Waals surface area contributed by atoms with Gasteiger partial charge in [-0.1, -0.05) is 6.07 Å². The maximum atomic E-state index is 6.04. The van der Waals surface area contributed by atoms with Crippen molar-refractivity contribution in [3.63, 3.8) is 0 Å². The number of aromatic nitrogens is 1. The van der Waals surface area contributed by atoms with Gasteiger partial charge >= 0.3 is 0 Å². The van der Waals surface area contributed by atoms with Crippen molar-refractivity contribution in [2.24, 2.45) is 5.73 Å². The molecule has 2 heteroatoms. The van der Waals surface area contributed by atoms with E-state index < -0.39 is 0 Å². The fourth-order valence-corrected chi connectivity index (χ4v) is 4.13. The molecule has 2 aliphatic rings. The molecule has 1 heterocycles. The molecule has 0 radical (unpaired) electrons. The third-order valence-electron chi connectivity index (χ3n) is 5.37. The topological polar surface area (TPSA) is 41.8 Å². The zero-order valence-corrected chi connectivity index (χ0v) is 12.1. The maximum absolute atomic E-state index is 6.04. The van der Waals surface area contributed by atoms with E-state index in [2.05, 4.69) is 23.2 Å². The molecule has 1 aromatic heterocycles. The van der Waals surface area contributed by atoms with Crippen LogP contribution in [0.4, 0.5) is 0 Å². The highest BCUT2D eigenvalue weighted by atomic mass is 14.7. The second kappa shape index (κ2) is 4.92. The molecule has 0 amide bonds. The molecule has 2 aromatic rings. The van der Waals surface area contributed by atoms with Crippen LogP contribution in [0.25, 0.3) is 10.9 Å². The van der Waals surface area contributed by atoms with Crippen molar-refractivity contribution >= 4 is 10.9 Å². The smallest absolute Gasteiger partial charge is 0.0459 e. The lowest BCUT2D eigenvalue weighted by Gasteiger charge is -2.26. The molecule has 2 aliphatic carbocycles. The summed E-state index contributed by atoms with van der Waals surface area (Å²) in [5.74, 6) is 0.730. The molecule has 0 spiro atoms. The highest BCUT2D eigenvalue weighted by Crippen LogP contribution is 2.36. The molecule has 0 saturated heterocycles. The van der Waals surface area contributed by atoms with Crippen LogP contribution in [0.1, 0.15) is 61.3 Å². The van der Waals surface area contributed by atoms with Gasteiger partial charge in [-0.15, -0.1) is 0 Å². The number of hydrogen-bond acceptors (Lipinski definition) is 1. The van der Waals surface area contributed by atoms with Crippen molar-refractivity contribution in [1.29, 1.82) is 0 Å². The molecule has 2 nitrogen and oxygen atoms in total. The van der Waals surface area contributed by atoms with Crippen LogP contribution in [-0.2, 0) is 12.8 Å². The Morgan fingerprint density at radius 1 is 1.00 bits per heavy atom. The molecule has 0 atom stereocenters. The van der Waals surface area contributed by atoms with Crippen LogP contribution in [0, 0.1) is 0 Å². The molecule has 0 aliphatic heterocycles. The van der Waals surface area contributed by atoms with Crippen molar-refractivity contribution in [2.75, 3.05) is 0 Å². The van der Waals surface area contributed by atoms with Gasteiger partial charge in [0.2, 0.25) is 0 Å². The Morgan fingerprint density at radius 2 is 1.80 bits per heavy atom. The molecule has 1 fully saturated rings. The van der Waals surface area contributed by atoms with Gasteiger partial charge in [-0.05, 0) is 80.5 Å². The number of hydrogen-bond donors (Lipinski definition) is 2. The van der Waals surface area contributed by atoms with Gasteiger partial charge in [0.05, 0.1) is 0 Å². The molecule has 1 saturated carbocycles. The van der Waals surface area contributed by atoms with E-state index in [1.165, 1.54) is 73.5 Å². The first-order valence-corrected chi connectivity index (χ1v) is 8.20. The predicted molar refractivity (Wildman–Crippen MR) is 84.1 cm³/mol. The van der Waals surface area contributed by atoms with Crippen LogP contribution >= 0.6 is 0 Å². The van der Waals surface area contributed by atoms with Crippen LogP contribution in [0.2, 0.25) is 0 Å². The Morgan fingerprint density at radius 3 is 2.65 bits per heavy atom. The van der Waals surface area contributed by atoms with Crippen LogP contribution in [0.5, 0.6) is 0 Å². The summed E-state index contributed by atoms with van der Waals surface area (Å²) in [4.78, 5) is 3.63. The molecule has 4 rings (SSSR count). The number of aromatic amines is 1. The number of aryl methyl sites for hydroxylation is 2. The molecule has 1 aromatic carbocycles. The van der Waals surface area contributed by atoms with Crippen LogP contribution in [0.3, 0.4) is 0 Å². The van der Waals surface area contributed by atoms with Crippen LogP contribution in [0.15, 0.2) is 18.2 Å². The molecular weight excluding hydrogens is 244 g/mol. The minimum atomic E-state index is 0.440. The Labute approximate surface area is 120 Å². The van der Waals surface area contributed by atoms with E-state index in [-0.39, 0.29) is 0 Å². The van der Waals surface area contributed by atoms with Gasteiger partial charge in [-0.3, -0.25) is 0 Å². The number of nitrogens with one attached hydrogen (secondary N) is 1. The van der Waals surface area contributed by atoms with Gasteiger partial charge in [0.25, 0.3) is 0 Å². The summed E-state index contributed by atoms with van der Waals surface area (Å²) in [6.07, 6.45) is 10.1. The minimum Gasteiger partial charge on any atom is -0.358 e. The van der Waals surface area contributed by atoms with Gasteiger partial charge in [0, 0.05) is 22.6 Å². The summed E-state index contributed by atoms with van der Waals surface area (Å²) in [5.41, 5.74) is 12.0. The summed E-state index contributed by atoms with van der Waals surface area (Å²) in [5, 5.41) is 1.49. The first-order chi connectivity index (χ1) is 9.81. The SMILES string of the molecule is NC1CCC(c2ccc3[nH]c4c(c3c2)CCCC4)CC1. The van der Waals surface area contributed by atoms with Gasteiger partial charge in [-0.25, -0.2) is 0 Å². The van der Waals surface area contributed by atoms with E-state index in [1.807, 2.05) is 0 Å². The number of nitrogens with two attached hydrogens (primary N) is 1. The second-order valence-corrected chi connectivity index (χ2v) is 6.71. The number of fused-ring (bicyclic) bond motifs is 3. The zero-order valence-electron chi connectivity index (χ0n) is 12.1. The van der Waals surface area contributed by atoms with Crippen LogP contribution < -0.4 is 5.73 Å². The second-order valence-electron chi connectivity index (χ2n) is 6.71.